The van der Waals surface area contributed by atoms with Gasteiger partial charge in [0.1, 0.15) is 0 Å². The van der Waals surface area contributed by atoms with Gasteiger partial charge in [-0.2, -0.15) is 0 Å². The lowest BCUT2D eigenvalue weighted by molar-refractivity contribution is 0.791. The number of hydrogen-bond donors (Lipinski definition) is 0. The first-order chi connectivity index (χ1) is 5.93. The summed E-state index contributed by atoms with van der Waals surface area (Å²) in [4.78, 5) is 0. The van der Waals surface area contributed by atoms with Crippen LogP contribution in [0.15, 0.2) is 28.7 Å². The van der Waals surface area contributed by atoms with Crippen molar-refractivity contribution in [3.05, 3.63) is 28.7 Å². The fourth-order valence-corrected chi connectivity index (χ4v) is 3.60. The van der Waals surface area contributed by atoms with Gasteiger partial charge in [-0.05, 0) is 23.2 Å². The Kier molecular flexibility index (Phi) is 3.54. The quantitative estimate of drug-likeness (QED) is 0.669. The summed E-state index contributed by atoms with van der Waals surface area (Å²) in [5.74, 6) is 0. The molecule has 0 radical (unpaired) electrons. The molecule has 0 saturated carbocycles. The summed E-state index contributed by atoms with van der Waals surface area (Å²) in [6, 6.07) is 8.53. The summed E-state index contributed by atoms with van der Waals surface area (Å²) >= 11 is 3.61. The summed E-state index contributed by atoms with van der Waals surface area (Å²) in [5.41, 5.74) is 0. The van der Waals surface area contributed by atoms with Gasteiger partial charge in [-0.25, -0.2) is 0 Å². The monoisotopic (exact) mass is 258 g/mol. The zero-order chi connectivity index (χ0) is 10.1. The molecule has 0 aliphatic carbocycles. The van der Waals surface area contributed by atoms with Gasteiger partial charge in [-0.1, -0.05) is 62.8 Å². The van der Waals surface area contributed by atoms with Gasteiger partial charge in [0.05, 0.1) is 0 Å². The van der Waals surface area contributed by atoms with Crippen molar-refractivity contribution >= 4 is 29.2 Å². The van der Waals surface area contributed by atoms with Gasteiger partial charge >= 0.3 is 0 Å². The topological polar surface area (TPSA) is 0 Å². The number of hydrogen-bond acceptors (Lipinski definition) is 0. The maximum atomic E-state index is 3.61. The highest BCUT2D eigenvalue weighted by Gasteiger charge is 2.22. The second-order valence-electron chi connectivity index (χ2n) is 4.18. The Hall–Kier alpha value is 0.130. The summed E-state index contributed by atoms with van der Waals surface area (Å²) in [7, 11) is -0.0844. The third-order valence-corrected chi connectivity index (χ3v) is 6.34. The summed E-state index contributed by atoms with van der Waals surface area (Å²) in [5, 5.41) is 1.85. The molecule has 1 unspecified atom stereocenters. The van der Waals surface area contributed by atoms with Gasteiger partial charge < -0.3 is 0 Å². The highest BCUT2D eigenvalue weighted by Crippen LogP contribution is 2.46. The second-order valence-corrected chi connectivity index (χ2v) is 7.98. The molecule has 0 spiro atoms. The first kappa shape index (κ1) is 11.2. The van der Waals surface area contributed by atoms with Gasteiger partial charge in [0.25, 0.3) is 0 Å². The van der Waals surface area contributed by atoms with Crippen LogP contribution >= 0.6 is 23.9 Å². The lowest BCUT2D eigenvalue weighted by Crippen LogP contribution is -2.19. The smallest absolute Gasteiger partial charge is 0.0252 e. The van der Waals surface area contributed by atoms with Gasteiger partial charge in [0, 0.05) is 4.47 Å². The van der Waals surface area contributed by atoms with E-state index in [4.69, 9.17) is 0 Å². The molecule has 1 rings (SSSR count). The fraction of sp³-hybridized carbons (Fsp3) is 0.455. The molecule has 1 atom stereocenters. The highest BCUT2D eigenvalue weighted by atomic mass is 79.9. The minimum absolute atomic E-state index is 0.0844. The molecule has 0 aromatic heterocycles. The average molecular weight is 259 g/mol. The standard InChI is InChI=1S/C11H16BrP/c1-11(2,3)13(4)10-8-6-5-7-9(10)12/h5-8H,1-4H3. The van der Waals surface area contributed by atoms with Crippen LogP contribution in [0.3, 0.4) is 0 Å². The van der Waals surface area contributed by atoms with Crippen molar-refractivity contribution in [2.75, 3.05) is 6.66 Å². The van der Waals surface area contributed by atoms with Crippen LogP contribution in [0.25, 0.3) is 0 Å². The number of benzene rings is 1. The summed E-state index contributed by atoms with van der Waals surface area (Å²) in [6.45, 7) is 9.25. The molecule has 72 valence electrons. The minimum atomic E-state index is -0.0844. The fourth-order valence-electron chi connectivity index (χ4n) is 1.09. The lowest BCUT2D eigenvalue weighted by atomic mass is 10.3. The van der Waals surface area contributed by atoms with Crippen LogP contribution in [0.4, 0.5) is 0 Å². The third kappa shape index (κ3) is 2.79. The maximum absolute atomic E-state index is 3.61. The minimum Gasteiger partial charge on any atom is -0.0718 e. The molecule has 0 fully saturated rings. The van der Waals surface area contributed by atoms with E-state index in [0.717, 1.165) is 0 Å². The Morgan fingerprint density at radius 3 is 2.15 bits per heavy atom. The van der Waals surface area contributed by atoms with Crippen molar-refractivity contribution < 1.29 is 0 Å². The summed E-state index contributed by atoms with van der Waals surface area (Å²) < 4.78 is 1.25. The Morgan fingerprint density at radius 1 is 1.15 bits per heavy atom. The molecule has 1 aromatic carbocycles. The normalized spacial score (nSPS) is 14.2. The van der Waals surface area contributed by atoms with E-state index < -0.39 is 0 Å². The first-order valence-electron chi connectivity index (χ1n) is 4.41. The van der Waals surface area contributed by atoms with Crippen molar-refractivity contribution in [2.24, 2.45) is 0 Å². The van der Waals surface area contributed by atoms with Crippen molar-refractivity contribution in [2.45, 2.75) is 25.9 Å². The van der Waals surface area contributed by atoms with Crippen molar-refractivity contribution in [1.29, 1.82) is 0 Å². The number of halogens is 1. The maximum Gasteiger partial charge on any atom is 0.0252 e. The third-order valence-electron chi connectivity index (χ3n) is 2.22. The van der Waals surface area contributed by atoms with Crippen LogP contribution < -0.4 is 5.30 Å². The molecule has 1 aromatic rings. The van der Waals surface area contributed by atoms with E-state index in [1.165, 1.54) is 9.78 Å². The van der Waals surface area contributed by atoms with E-state index >= 15 is 0 Å². The van der Waals surface area contributed by atoms with Crippen molar-refractivity contribution in [1.82, 2.24) is 0 Å². The molecule has 2 heteroatoms. The summed E-state index contributed by atoms with van der Waals surface area (Å²) in [6.07, 6.45) is 0. The Bertz CT molecular complexity index is 288. The van der Waals surface area contributed by atoms with E-state index in [-0.39, 0.29) is 7.92 Å². The van der Waals surface area contributed by atoms with Gasteiger partial charge in [0.15, 0.2) is 0 Å². The molecule has 0 aliphatic heterocycles. The average Bonchev–Trinajstić information content (AvgIpc) is 2.02. The molecule has 0 bridgehead atoms. The molecule has 0 amide bonds. The number of rotatable bonds is 1. The Balaban J connectivity index is 3.02. The molecule has 0 nitrogen and oxygen atoms in total. The zero-order valence-electron chi connectivity index (χ0n) is 8.63. The van der Waals surface area contributed by atoms with Crippen molar-refractivity contribution in [3.8, 4) is 0 Å². The predicted octanol–water partition coefficient (Wildman–Crippen LogP) is 3.98. The van der Waals surface area contributed by atoms with Crippen LogP contribution in [-0.2, 0) is 0 Å². The van der Waals surface area contributed by atoms with E-state index in [2.05, 4.69) is 67.6 Å². The molecule has 13 heavy (non-hydrogen) atoms. The lowest BCUT2D eigenvalue weighted by Gasteiger charge is -2.28. The first-order valence-corrected chi connectivity index (χ1v) is 6.99. The van der Waals surface area contributed by atoms with E-state index in [1.54, 1.807) is 0 Å². The molecule has 0 saturated heterocycles. The van der Waals surface area contributed by atoms with Gasteiger partial charge in [-0.15, -0.1) is 0 Å². The zero-order valence-corrected chi connectivity index (χ0v) is 11.1. The molecule has 0 aliphatic rings. The largest absolute Gasteiger partial charge is 0.0718 e. The highest BCUT2D eigenvalue weighted by molar-refractivity contribution is 9.10. The van der Waals surface area contributed by atoms with E-state index in [0.29, 0.717) is 5.16 Å². The molecular weight excluding hydrogens is 243 g/mol. The van der Waals surface area contributed by atoms with Crippen LogP contribution in [0.2, 0.25) is 0 Å². The molecule has 0 N–H and O–H groups in total. The molecule has 0 heterocycles. The van der Waals surface area contributed by atoms with E-state index in [1.807, 2.05) is 0 Å². The van der Waals surface area contributed by atoms with Crippen LogP contribution in [0.5, 0.6) is 0 Å². The Morgan fingerprint density at radius 2 is 1.69 bits per heavy atom. The predicted molar refractivity (Wildman–Crippen MR) is 66.4 cm³/mol. The van der Waals surface area contributed by atoms with Crippen LogP contribution in [0.1, 0.15) is 20.8 Å². The molecular formula is C11H16BrP. The van der Waals surface area contributed by atoms with Gasteiger partial charge in [-0.3, -0.25) is 0 Å². The van der Waals surface area contributed by atoms with Crippen molar-refractivity contribution in [3.63, 3.8) is 0 Å². The SMILES string of the molecule is CP(c1ccccc1Br)C(C)(C)C. The second kappa shape index (κ2) is 4.11. The van der Waals surface area contributed by atoms with Gasteiger partial charge in [0.2, 0.25) is 0 Å². The van der Waals surface area contributed by atoms with E-state index in [9.17, 15) is 0 Å². The van der Waals surface area contributed by atoms with Crippen LogP contribution in [0, 0.1) is 0 Å². The van der Waals surface area contributed by atoms with Crippen LogP contribution in [-0.4, -0.2) is 11.8 Å². The Labute approximate surface area is 90.6 Å².